The summed E-state index contributed by atoms with van der Waals surface area (Å²) in [7, 11) is 1.13. The predicted octanol–water partition coefficient (Wildman–Crippen LogP) is 0.627. The molecule has 0 aliphatic carbocycles. The Morgan fingerprint density at radius 1 is 1.52 bits per heavy atom. The molecular weight excluding hydrogens is 358 g/mol. The van der Waals surface area contributed by atoms with E-state index in [0.29, 0.717) is 0 Å². The Morgan fingerprint density at radius 2 is 2.20 bits per heavy atom. The van der Waals surface area contributed by atoms with E-state index in [1.807, 2.05) is 0 Å². The van der Waals surface area contributed by atoms with Gasteiger partial charge >= 0.3 is 5.97 Å². The highest BCUT2D eigenvalue weighted by atomic mass is 35.5. The summed E-state index contributed by atoms with van der Waals surface area (Å²) in [6.07, 6.45) is 0. The number of carbonyl (C=O) groups excluding carboxylic acids is 2. The molecule has 11 heteroatoms. The molecule has 1 aliphatic rings. The van der Waals surface area contributed by atoms with Crippen LogP contribution in [0.1, 0.15) is 0 Å². The van der Waals surface area contributed by atoms with E-state index in [1.54, 1.807) is 0 Å². The molecule has 0 saturated carbocycles. The quantitative estimate of drug-likeness (QED) is 0.286. The average molecular weight is 372 g/mol. The van der Waals surface area contributed by atoms with Crippen molar-refractivity contribution >= 4 is 34.9 Å². The number of carbonyl (C=O) groups is 2. The summed E-state index contributed by atoms with van der Waals surface area (Å²) in [5.41, 5.74) is -0.881. The Morgan fingerprint density at radius 3 is 2.76 bits per heavy atom. The highest BCUT2D eigenvalue weighted by Gasteiger charge is 2.35. The molecule has 0 unspecified atom stereocenters. The molecule has 1 amide bonds. The van der Waals surface area contributed by atoms with E-state index >= 15 is 0 Å². The van der Waals surface area contributed by atoms with Crippen LogP contribution in [0.2, 0.25) is 5.02 Å². The number of esters is 1. The second-order valence-corrected chi connectivity index (χ2v) is 5.41. The van der Waals surface area contributed by atoms with E-state index in [0.717, 1.165) is 19.2 Å². The number of benzene rings is 1. The number of non-ortho nitro benzene ring substituents is 1. The predicted molar refractivity (Wildman–Crippen MR) is 86.1 cm³/mol. The molecule has 0 bridgehead atoms. The van der Waals surface area contributed by atoms with E-state index in [9.17, 15) is 24.8 Å². The molecule has 0 radical (unpaired) electrons. The smallest absolute Gasteiger partial charge is 0.337 e. The molecule has 10 nitrogen and oxygen atoms in total. The van der Waals surface area contributed by atoms with E-state index in [4.69, 9.17) is 16.7 Å². The third kappa shape index (κ3) is 3.64. The summed E-state index contributed by atoms with van der Waals surface area (Å²) >= 11 is 5.76. The lowest BCUT2D eigenvalue weighted by Gasteiger charge is -2.15. The molecule has 3 N–H and O–H groups in total. The van der Waals surface area contributed by atoms with Gasteiger partial charge in [0.25, 0.3) is 11.6 Å². The van der Waals surface area contributed by atoms with Crippen molar-refractivity contribution in [2.45, 2.75) is 0 Å². The van der Waals surface area contributed by atoms with Crippen LogP contribution < -0.4 is 5.32 Å². The normalized spacial score (nSPS) is 14.0. The number of nitro groups is 1. The fraction of sp³-hybridized carbons (Fsp3) is 0.286. The van der Waals surface area contributed by atoms with Crippen LogP contribution >= 0.6 is 11.6 Å². The number of aliphatic hydroxyl groups excluding tert-OH is 1. The first-order valence-corrected chi connectivity index (χ1v) is 7.33. The van der Waals surface area contributed by atoms with Crippen molar-refractivity contribution in [3.05, 3.63) is 38.5 Å². The Balaban J connectivity index is 2.46. The number of ether oxygens (including phenoxy) is 1. The Labute approximate surface area is 146 Å². The fourth-order valence-electron chi connectivity index (χ4n) is 2.27. The van der Waals surface area contributed by atoms with Crippen LogP contribution in [0.4, 0.5) is 11.4 Å². The molecule has 1 aromatic rings. The molecule has 0 aromatic heterocycles. The number of hydrogen-bond acceptors (Lipinski definition) is 8. The molecule has 1 heterocycles. The highest BCUT2D eigenvalue weighted by molar-refractivity contribution is 6.32. The van der Waals surface area contributed by atoms with Crippen LogP contribution in [-0.4, -0.2) is 58.7 Å². The van der Waals surface area contributed by atoms with Gasteiger partial charge in [-0.2, -0.15) is 0 Å². The van der Waals surface area contributed by atoms with Gasteiger partial charge in [-0.15, -0.1) is 0 Å². The maximum Gasteiger partial charge on any atom is 0.337 e. The second-order valence-electron chi connectivity index (χ2n) is 5.00. The van der Waals surface area contributed by atoms with Gasteiger partial charge in [0.15, 0.2) is 5.75 Å². The summed E-state index contributed by atoms with van der Waals surface area (Å²) in [6, 6.07) is 1.93. The number of aliphatic hydroxyl groups is 1. The lowest BCUT2D eigenvalue weighted by Crippen LogP contribution is -2.31. The number of phenols is 1. The third-order valence-corrected chi connectivity index (χ3v) is 3.76. The number of nitro benzene ring substituents is 1. The number of β-amino-alcohol motifs (C(OH)–C–C–N with tert-alkyl or cyclic N) is 1. The van der Waals surface area contributed by atoms with Crippen molar-refractivity contribution in [2.75, 3.05) is 32.1 Å². The number of methoxy groups -OCH3 is 1. The van der Waals surface area contributed by atoms with E-state index in [1.165, 1.54) is 4.90 Å². The molecule has 25 heavy (non-hydrogen) atoms. The average Bonchev–Trinajstić information content (AvgIpc) is 2.87. The van der Waals surface area contributed by atoms with Crippen LogP contribution in [0.3, 0.4) is 0 Å². The first kappa shape index (κ1) is 18.5. The fourth-order valence-corrected chi connectivity index (χ4v) is 2.48. The molecule has 1 aliphatic heterocycles. The molecule has 134 valence electrons. The molecule has 0 saturated heterocycles. The summed E-state index contributed by atoms with van der Waals surface area (Å²) in [4.78, 5) is 35.6. The summed E-state index contributed by atoms with van der Waals surface area (Å²) in [6.45, 7) is -0.453. The van der Waals surface area contributed by atoms with Gasteiger partial charge in [-0.25, -0.2) is 4.79 Å². The summed E-state index contributed by atoms with van der Waals surface area (Å²) in [5, 5.41) is 32.1. The van der Waals surface area contributed by atoms with Crippen LogP contribution in [0.15, 0.2) is 23.4 Å². The van der Waals surface area contributed by atoms with Crippen molar-refractivity contribution in [3.63, 3.8) is 0 Å². The lowest BCUT2D eigenvalue weighted by atomic mass is 10.2. The first-order chi connectivity index (χ1) is 11.8. The zero-order chi connectivity index (χ0) is 18.7. The largest absolute Gasteiger partial charge is 0.504 e. The maximum atomic E-state index is 12.4. The Kier molecular flexibility index (Phi) is 5.45. The van der Waals surface area contributed by atoms with Gasteiger partial charge in [0.2, 0.25) is 0 Å². The van der Waals surface area contributed by atoms with Gasteiger partial charge in [-0.05, 0) is 0 Å². The van der Waals surface area contributed by atoms with E-state index in [2.05, 4.69) is 10.1 Å². The number of halogens is 1. The second kappa shape index (κ2) is 7.36. The van der Waals surface area contributed by atoms with Crippen LogP contribution in [0, 0.1) is 10.1 Å². The monoisotopic (exact) mass is 371 g/mol. The third-order valence-electron chi connectivity index (χ3n) is 3.47. The number of nitrogens with zero attached hydrogens (tertiary/aromatic N) is 2. The molecule has 1 aromatic carbocycles. The topological polar surface area (TPSA) is 142 Å². The highest BCUT2D eigenvalue weighted by Crippen LogP contribution is 2.37. The number of anilines is 1. The van der Waals surface area contributed by atoms with Gasteiger partial charge < -0.3 is 25.2 Å². The molecule has 2 rings (SSSR count). The van der Waals surface area contributed by atoms with Crippen molar-refractivity contribution in [3.8, 4) is 5.75 Å². The van der Waals surface area contributed by atoms with Crippen molar-refractivity contribution in [1.29, 1.82) is 0 Å². The minimum atomic E-state index is -0.785. The van der Waals surface area contributed by atoms with Crippen molar-refractivity contribution < 1.29 is 29.5 Å². The van der Waals surface area contributed by atoms with Crippen LogP contribution in [0.5, 0.6) is 5.75 Å². The minimum absolute atomic E-state index is 0.0216. The van der Waals surface area contributed by atoms with Gasteiger partial charge in [-0.3, -0.25) is 14.9 Å². The number of aromatic hydroxyl groups is 1. The zero-order valence-electron chi connectivity index (χ0n) is 13.0. The number of amides is 1. The number of phenolic OH excluding ortho intramolecular Hbond substituents is 1. The number of nitrogens with one attached hydrogen (secondary N) is 1. The van der Waals surface area contributed by atoms with E-state index < -0.39 is 28.2 Å². The lowest BCUT2D eigenvalue weighted by molar-refractivity contribution is -0.384. The zero-order valence-corrected chi connectivity index (χ0v) is 13.7. The Bertz CT molecular complexity index is 778. The Hall–Kier alpha value is -2.85. The molecule has 0 atom stereocenters. The van der Waals surface area contributed by atoms with Gasteiger partial charge in [-0.1, -0.05) is 11.6 Å². The van der Waals surface area contributed by atoms with Gasteiger partial charge in [0, 0.05) is 18.7 Å². The maximum absolute atomic E-state index is 12.4. The van der Waals surface area contributed by atoms with Gasteiger partial charge in [0.1, 0.15) is 5.70 Å². The molecular formula is C14H14ClN3O7. The molecule has 0 fully saturated rings. The van der Waals surface area contributed by atoms with Gasteiger partial charge in [0.05, 0.1) is 41.5 Å². The number of hydrogen-bond donors (Lipinski definition) is 3. The summed E-state index contributed by atoms with van der Waals surface area (Å²) in [5.74, 6) is -1.93. The first-order valence-electron chi connectivity index (χ1n) is 6.95. The standard InChI is InChI=1S/C14H14ClN3O7/c1-25-14(22)8-6-17(2-3-19)13(21)11(8)16-10-5-7(18(23)24)4-9(15)12(10)20/h4-5,16,19-20H,2-3,6H2,1H3. The SMILES string of the molecule is COC(=O)C1=C(Nc2cc([N+](=O)[O-])cc(Cl)c2O)C(=O)N(CCO)C1. The van der Waals surface area contributed by atoms with Crippen molar-refractivity contribution in [2.24, 2.45) is 0 Å². The van der Waals surface area contributed by atoms with Crippen LogP contribution in [0.25, 0.3) is 0 Å². The molecule has 0 spiro atoms. The number of rotatable bonds is 6. The van der Waals surface area contributed by atoms with Crippen LogP contribution in [-0.2, 0) is 14.3 Å². The van der Waals surface area contributed by atoms with E-state index in [-0.39, 0.29) is 41.7 Å². The van der Waals surface area contributed by atoms with Crippen molar-refractivity contribution in [1.82, 2.24) is 4.90 Å². The summed E-state index contributed by atoms with van der Waals surface area (Å²) < 4.78 is 4.62. The minimum Gasteiger partial charge on any atom is -0.504 e.